The molecule has 3 N–H and O–H groups in total. The molecule has 0 spiro atoms. The predicted molar refractivity (Wildman–Crippen MR) is 79.7 cm³/mol. The van der Waals surface area contributed by atoms with Crippen LogP contribution in [-0.4, -0.2) is 34.9 Å². The highest BCUT2D eigenvalue weighted by molar-refractivity contribution is 7.98. The third-order valence-electron chi connectivity index (χ3n) is 2.26. The van der Waals surface area contributed by atoms with Crippen molar-refractivity contribution in [3.63, 3.8) is 0 Å². The SMILES string of the molecule is CSCCC(CO)NC(=S)Nc1ccccc1. The molecule has 1 rings (SSSR count). The fourth-order valence-corrected chi connectivity index (χ4v) is 2.15. The molecule has 94 valence electrons. The van der Waals surface area contributed by atoms with Crippen LogP contribution in [0.4, 0.5) is 5.69 Å². The van der Waals surface area contributed by atoms with Crippen LogP contribution in [-0.2, 0) is 0 Å². The van der Waals surface area contributed by atoms with Crippen LogP contribution in [0.3, 0.4) is 0 Å². The Kier molecular flexibility index (Phi) is 7.00. The molecule has 1 unspecified atom stereocenters. The Morgan fingerprint density at radius 2 is 2.12 bits per heavy atom. The van der Waals surface area contributed by atoms with Crippen molar-refractivity contribution in [2.24, 2.45) is 0 Å². The second kappa shape index (κ2) is 8.33. The number of thioether (sulfide) groups is 1. The Labute approximate surface area is 112 Å². The molecule has 0 amide bonds. The van der Waals surface area contributed by atoms with Gasteiger partial charge in [0.25, 0.3) is 0 Å². The molecule has 0 saturated heterocycles. The summed E-state index contributed by atoms with van der Waals surface area (Å²) in [5.74, 6) is 1.01. The van der Waals surface area contributed by atoms with Crippen LogP contribution in [0.2, 0.25) is 0 Å². The van der Waals surface area contributed by atoms with E-state index in [-0.39, 0.29) is 12.6 Å². The van der Waals surface area contributed by atoms with Crippen molar-refractivity contribution in [3.05, 3.63) is 30.3 Å². The van der Waals surface area contributed by atoms with E-state index >= 15 is 0 Å². The molecule has 5 heteroatoms. The Bertz CT molecular complexity index is 333. The van der Waals surface area contributed by atoms with Crippen LogP contribution in [0.1, 0.15) is 6.42 Å². The molecule has 0 aliphatic rings. The summed E-state index contributed by atoms with van der Waals surface area (Å²) >= 11 is 6.95. The van der Waals surface area contributed by atoms with E-state index < -0.39 is 0 Å². The molecule has 0 heterocycles. The van der Waals surface area contributed by atoms with Gasteiger partial charge in [0.15, 0.2) is 5.11 Å². The molecule has 3 nitrogen and oxygen atoms in total. The van der Waals surface area contributed by atoms with Crippen molar-refractivity contribution >= 4 is 34.8 Å². The summed E-state index contributed by atoms with van der Waals surface area (Å²) in [5, 5.41) is 16.0. The number of nitrogens with one attached hydrogen (secondary N) is 2. The van der Waals surface area contributed by atoms with Gasteiger partial charge in [0.1, 0.15) is 0 Å². The van der Waals surface area contributed by atoms with Gasteiger partial charge in [-0.25, -0.2) is 0 Å². The van der Waals surface area contributed by atoms with E-state index in [0.29, 0.717) is 5.11 Å². The van der Waals surface area contributed by atoms with Crippen molar-refractivity contribution in [3.8, 4) is 0 Å². The van der Waals surface area contributed by atoms with Gasteiger partial charge in [0.05, 0.1) is 12.6 Å². The van der Waals surface area contributed by atoms with Gasteiger partial charge in [-0.3, -0.25) is 0 Å². The van der Waals surface area contributed by atoms with Gasteiger partial charge < -0.3 is 15.7 Å². The summed E-state index contributed by atoms with van der Waals surface area (Å²) in [6.45, 7) is 0.0944. The minimum Gasteiger partial charge on any atom is -0.394 e. The summed E-state index contributed by atoms with van der Waals surface area (Å²) < 4.78 is 0. The maximum Gasteiger partial charge on any atom is 0.171 e. The first-order valence-electron chi connectivity index (χ1n) is 5.48. The van der Waals surface area contributed by atoms with Crippen LogP contribution in [0.5, 0.6) is 0 Å². The zero-order valence-electron chi connectivity index (χ0n) is 9.85. The number of aliphatic hydroxyl groups is 1. The maximum absolute atomic E-state index is 9.21. The van der Waals surface area contributed by atoms with E-state index in [2.05, 4.69) is 16.9 Å². The monoisotopic (exact) mass is 270 g/mol. The van der Waals surface area contributed by atoms with Crippen LogP contribution in [0, 0.1) is 0 Å². The van der Waals surface area contributed by atoms with Crippen LogP contribution in [0.25, 0.3) is 0 Å². The van der Waals surface area contributed by atoms with E-state index in [4.69, 9.17) is 12.2 Å². The first kappa shape index (κ1) is 14.3. The van der Waals surface area contributed by atoms with Crippen molar-refractivity contribution in [1.29, 1.82) is 0 Å². The first-order valence-corrected chi connectivity index (χ1v) is 7.29. The normalized spacial score (nSPS) is 11.9. The number of hydrogen-bond acceptors (Lipinski definition) is 3. The maximum atomic E-state index is 9.21. The van der Waals surface area contributed by atoms with Crippen molar-refractivity contribution < 1.29 is 5.11 Å². The van der Waals surface area contributed by atoms with E-state index in [9.17, 15) is 5.11 Å². The fourth-order valence-electron chi connectivity index (χ4n) is 1.34. The fraction of sp³-hybridized carbons (Fsp3) is 0.417. The lowest BCUT2D eigenvalue weighted by Gasteiger charge is -2.18. The van der Waals surface area contributed by atoms with Gasteiger partial charge >= 0.3 is 0 Å². The van der Waals surface area contributed by atoms with E-state index in [0.717, 1.165) is 17.9 Å². The zero-order valence-corrected chi connectivity index (χ0v) is 11.5. The molecule has 0 aliphatic heterocycles. The highest BCUT2D eigenvalue weighted by Gasteiger charge is 2.08. The summed E-state index contributed by atoms with van der Waals surface area (Å²) in [7, 11) is 0. The average molecular weight is 270 g/mol. The third-order valence-corrected chi connectivity index (χ3v) is 3.12. The van der Waals surface area contributed by atoms with Gasteiger partial charge in [0.2, 0.25) is 0 Å². The molecule has 0 aromatic heterocycles. The summed E-state index contributed by atoms with van der Waals surface area (Å²) in [6.07, 6.45) is 2.95. The molecule has 0 radical (unpaired) electrons. The lowest BCUT2D eigenvalue weighted by Crippen LogP contribution is -2.40. The van der Waals surface area contributed by atoms with Gasteiger partial charge in [-0.1, -0.05) is 18.2 Å². The Hall–Kier alpha value is -0.780. The van der Waals surface area contributed by atoms with Crippen LogP contribution < -0.4 is 10.6 Å². The highest BCUT2D eigenvalue weighted by Crippen LogP contribution is 2.05. The van der Waals surface area contributed by atoms with Gasteiger partial charge in [-0.2, -0.15) is 11.8 Å². The molecule has 1 aromatic carbocycles. The predicted octanol–water partition coefficient (Wildman–Crippen LogP) is 2.09. The molecule has 0 bridgehead atoms. The van der Waals surface area contributed by atoms with Crippen molar-refractivity contribution in [1.82, 2.24) is 5.32 Å². The van der Waals surface area contributed by atoms with E-state index in [1.165, 1.54) is 0 Å². The number of thiocarbonyl (C=S) groups is 1. The summed E-state index contributed by atoms with van der Waals surface area (Å²) in [5.41, 5.74) is 0.951. The van der Waals surface area contributed by atoms with Crippen molar-refractivity contribution in [2.45, 2.75) is 12.5 Å². The molecular weight excluding hydrogens is 252 g/mol. The topological polar surface area (TPSA) is 44.3 Å². The van der Waals surface area contributed by atoms with Crippen molar-refractivity contribution in [2.75, 3.05) is 23.9 Å². The lowest BCUT2D eigenvalue weighted by molar-refractivity contribution is 0.253. The third kappa shape index (κ3) is 5.91. The van der Waals surface area contributed by atoms with Crippen LogP contribution in [0.15, 0.2) is 30.3 Å². The molecule has 0 fully saturated rings. The van der Waals surface area contributed by atoms with Gasteiger partial charge in [-0.05, 0) is 42.8 Å². The van der Waals surface area contributed by atoms with E-state index in [1.807, 2.05) is 30.3 Å². The molecular formula is C12H18N2OS2. The zero-order chi connectivity index (χ0) is 12.5. The Morgan fingerprint density at radius 1 is 1.41 bits per heavy atom. The number of hydrogen-bond donors (Lipinski definition) is 3. The Balaban J connectivity index is 2.37. The number of para-hydroxylation sites is 1. The first-order chi connectivity index (χ1) is 8.26. The smallest absolute Gasteiger partial charge is 0.171 e. The number of anilines is 1. The molecule has 0 saturated carbocycles. The van der Waals surface area contributed by atoms with Gasteiger partial charge in [-0.15, -0.1) is 0 Å². The summed E-state index contributed by atoms with van der Waals surface area (Å²) in [6, 6.07) is 9.76. The van der Waals surface area contributed by atoms with E-state index in [1.54, 1.807) is 11.8 Å². The summed E-state index contributed by atoms with van der Waals surface area (Å²) in [4.78, 5) is 0. The highest BCUT2D eigenvalue weighted by atomic mass is 32.2. The average Bonchev–Trinajstić information content (AvgIpc) is 2.35. The largest absolute Gasteiger partial charge is 0.394 e. The standard InChI is InChI=1S/C12H18N2OS2/c1-17-8-7-11(9-15)14-12(16)13-10-5-3-2-4-6-10/h2-6,11,15H,7-9H2,1H3,(H2,13,14,16). The molecule has 0 aliphatic carbocycles. The minimum atomic E-state index is 0.0196. The number of benzene rings is 1. The molecule has 1 atom stereocenters. The Morgan fingerprint density at radius 3 is 2.71 bits per heavy atom. The molecule has 17 heavy (non-hydrogen) atoms. The lowest BCUT2D eigenvalue weighted by atomic mass is 10.2. The van der Waals surface area contributed by atoms with Crippen LogP contribution >= 0.6 is 24.0 Å². The number of aliphatic hydroxyl groups excluding tert-OH is 1. The van der Waals surface area contributed by atoms with Gasteiger partial charge in [0, 0.05) is 5.69 Å². The number of rotatable bonds is 6. The quantitative estimate of drug-likeness (QED) is 0.691. The molecule has 1 aromatic rings. The second-order valence-corrected chi connectivity index (χ2v) is 5.02. The second-order valence-electron chi connectivity index (χ2n) is 3.63. The minimum absolute atomic E-state index is 0.0196.